The summed E-state index contributed by atoms with van der Waals surface area (Å²) in [7, 11) is 0. The van der Waals surface area contributed by atoms with Crippen molar-refractivity contribution in [1.29, 1.82) is 5.26 Å². The molecule has 0 bridgehead atoms. The molecule has 3 N–H and O–H groups in total. The first-order valence-electron chi connectivity index (χ1n) is 12.0. The van der Waals surface area contributed by atoms with E-state index in [1.807, 2.05) is 20.8 Å². The molecule has 0 spiro atoms. The zero-order valence-electron chi connectivity index (χ0n) is 21.3. The van der Waals surface area contributed by atoms with Crippen molar-refractivity contribution < 1.29 is 14.0 Å². The molecule has 1 aliphatic heterocycles. The molecule has 1 amide bonds. The molecule has 39 heavy (non-hydrogen) atoms. The maximum atomic E-state index is 13.5. The summed E-state index contributed by atoms with van der Waals surface area (Å²) < 4.78 is 6.40. The first kappa shape index (κ1) is 26.9. The van der Waals surface area contributed by atoms with Gasteiger partial charge in [-0.3, -0.25) is 14.5 Å². The number of anilines is 2. The number of allylic oxidation sites excluding steroid dienone is 3. The summed E-state index contributed by atoms with van der Waals surface area (Å²) >= 11 is 8.44. The molecule has 1 aliphatic carbocycles. The molecular weight excluding hydrogens is 558 g/mol. The Kier molecular flexibility index (Phi) is 7.24. The van der Waals surface area contributed by atoms with Crippen molar-refractivity contribution in [3.8, 4) is 6.07 Å². The fourth-order valence-electron chi connectivity index (χ4n) is 4.76. The van der Waals surface area contributed by atoms with Crippen LogP contribution in [0, 0.1) is 23.7 Å². The van der Waals surface area contributed by atoms with Gasteiger partial charge in [0.2, 0.25) is 11.0 Å². The number of nitrogens with zero attached hydrogens (tertiary/aromatic N) is 5. The molecule has 0 fully saturated rings. The first-order valence-corrected chi connectivity index (χ1v) is 14.1. The Labute approximate surface area is 237 Å². The minimum Gasteiger partial charge on any atom is -0.465 e. The molecule has 1 unspecified atom stereocenters. The Morgan fingerprint density at radius 1 is 1.36 bits per heavy atom. The molecule has 5 rings (SSSR count). The third-order valence-electron chi connectivity index (χ3n) is 6.37. The predicted molar refractivity (Wildman–Crippen MR) is 149 cm³/mol. The van der Waals surface area contributed by atoms with Gasteiger partial charge in [-0.05, 0) is 43.0 Å². The number of nitriles is 1. The fraction of sp³-hybridized carbons (Fsp3) is 0.308. The number of carbonyl (C=O) groups is 2. The Hall–Kier alpha value is -3.66. The van der Waals surface area contributed by atoms with Crippen LogP contribution < -0.4 is 16.0 Å². The Bertz CT molecular complexity index is 1580. The van der Waals surface area contributed by atoms with E-state index in [2.05, 4.69) is 26.6 Å². The highest BCUT2D eigenvalue weighted by Crippen LogP contribution is 2.51. The van der Waals surface area contributed by atoms with Crippen LogP contribution in [0.25, 0.3) is 0 Å². The monoisotopic (exact) mass is 581 g/mol. The third kappa shape index (κ3) is 5.30. The fourth-order valence-corrected chi connectivity index (χ4v) is 6.61. The number of rotatable bonds is 6. The minimum atomic E-state index is -0.691. The summed E-state index contributed by atoms with van der Waals surface area (Å²) in [4.78, 5) is 31.6. The predicted octanol–water partition coefficient (Wildman–Crippen LogP) is 5.16. The van der Waals surface area contributed by atoms with E-state index >= 15 is 0 Å². The van der Waals surface area contributed by atoms with Gasteiger partial charge in [0.25, 0.3) is 0 Å². The first-order chi connectivity index (χ1) is 18.6. The second kappa shape index (κ2) is 10.5. The molecule has 13 heteroatoms. The lowest BCUT2D eigenvalue weighted by Crippen LogP contribution is -2.42. The van der Waals surface area contributed by atoms with E-state index in [1.165, 1.54) is 29.3 Å². The van der Waals surface area contributed by atoms with Crippen molar-refractivity contribution in [2.45, 2.75) is 43.9 Å². The topological polar surface area (TPSA) is 151 Å². The zero-order valence-corrected chi connectivity index (χ0v) is 23.7. The van der Waals surface area contributed by atoms with Crippen LogP contribution in [0.3, 0.4) is 0 Å². The number of carbonyl (C=O) groups excluding carboxylic acids is 2. The molecule has 10 nitrogen and oxygen atoms in total. The summed E-state index contributed by atoms with van der Waals surface area (Å²) in [6.45, 7) is 5.85. The van der Waals surface area contributed by atoms with Gasteiger partial charge in [0.1, 0.15) is 17.3 Å². The Morgan fingerprint density at radius 3 is 2.85 bits per heavy atom. The van der Waals surface area contributed by atoms with Crippen molar-refractivity contribution in [2.75, 3.05) is 16.0 Å². The number of aromatic nitrogens is 3. The quantitative estimate of drug-likeness (QED) is 0.295. The zero-order chi connectivity index (χ0) is 27.9. The van der Waals surface area contributed by atoms with Gasteiger partial charge >= 0.3 is 0 Å². The van der Waals surface area contributed by atoms with E-state index in [0.29, 0.717) is 50.8 Å². The third-order valence-corrected chi connectivity index (χ3v) is 8.72. The van der Waals surface area contributed by atoms with E-state index in [9.17, 15) is 14.9 Å². The van der Waals surface area contributed by atoms with Crippen molar-refractivity contribution in [2.24, 2.45) is 11.1 Å². The molecule has 4 heterocycles. The van der Waals surface area contributed by atoms with E-state index in [1.54, 1.807) is 29.2 Å². The Balaban J connectivity index is 1.46. The minimum absolute atomic E-state index is 0.0598. The lowest BCUT2D eigenvalue weighted by Gasteiger charge is -2.42. The highest BCUT2D eigenvalue weighted by atomic mass is 35.5. The van der Waals surface area contributed by atoms with Crippen molar-refractivity contribution in [1.82, 2.24) is 15.2 Å². The van der Waals surface area contributed by atoms with Gasteiger partial charge in [0.05, 0.1) is 29.0 Å². The summed E-state index contributed by atoms with van der Waals surface area (Å²) in [5.74, 6) is 0.386. The maximum Gasteiger partial charge on any atom is 0.234 e. The smallest absolute Gasteiger partial charge is 0.234 e. The molecule has 3 aromatic heterocycles. The number of nitrogens with one attached hydrogen (secondary N) is 1. The molecule has 2 aliphatic rings. The molecular formula is C26H24ClN7O3S2. The molecule has 200 valence electrons. The average molecular weight is 582 g/mol. The highest BCUT2D eigenvalue weighted by Gasteiger charge is 2.46. The van der Waals surface area contributed by atoms with Gasteiger partial charge in [0.15, 0.2) is 15.3 Å². The molecule has 3 aromatic rings. The summed E-state index contributed by atoms with van der Waals surface area (Å²) in [5, 5.41) is 22.0. The summed E-state index contributed by atoms with van der Waals surface area (Å²) in [6.07, 6.45) is 2.41. The molecule has 0 saturated heterocycles. The number of hydrogen-bond donors (Lipinski definition) is 2. The van der Waals surface area contributed by atoms with Gasteiger partial charge in [-0.1, -0.05) is 48.5 Å². The molecule has 0 saturated carbocycles. The van der Waals surface area contributed by atoms with Crippen LogP contribution in [0.5, 0.6) is 0 Å². The van der Waals surface area contributed by atoms with Crippen LogP contribution in [0.4, 0.5) is 10.8 Å². The van der Waals surface area contributed by atoms with Crippen molar-refractivity contribution in [3.05, 3.63) is 69.8 Å². The lowest BCUT2D eigenvalue weighted by molar-refractivity contribution is -0.118. The van der Waals surface area contributed by atoms with Crippen LogP contribution in [-0.4, -0.2) is 32.6 Å². The van der Waals surface area contributed by atoms with E-state index < -0.39 is 5.92 Å². The van der Waals surface area contributed by atoms with E-state index in [4.69, 9.17) is 21.8 Å². The van der Waals surface area contributed by atoms with E-state index in [-0.39, 0.29) is 39.4 Å². The number of aryl methyl sites for hydroxylation is 1. The average Bonchev–Trinajstić information content (AvgIpc) is 3.51. The second-order valence-electron chi connectivity index (χ2n) is 9.96. The molecule has 0 radical (unpaired) electrons. The summed E-state index contributed by atoms with van der Waals surface area (Å²) in [5.41, 5.74) is 8.11. The number of pyridine rings is 1. The van der Waals surface area contributed by atoms with Crippen LogP contribution in [0.1, 0.15) is 44.1 Å². The van der Waals surface area contributed by atoms with Crippen molar-refractivity contribution in [3.63, 3.8) is 0 Å². The number of furan rings is 1. The molecule has 1 atom stereocenters. The highest BCUT2D eigenvalue weighted by molar-refractivity contribution is 8.01. The number of hydrogen-bond acceptors (Lipinski definition) is 11. The van der Waals surface area contributed by atoms with Gasteiger partial charge in [-0.15, -0.1) is 10.2 Å². The van der Waals surface area contributed by atoms with Gasteiger partial charge in [-0.25, -0.2) is 4.98 Å². The lowest BCUT2D eigenvalue weighted by atomic mass is 9.69. The normalized spacial score (nSPS) is 18.7. The maximum absolute atomic E-state index is 13.5. The number of thioether (sulfide) groups is 1. The summed E-state index contributed by atoms with van der Waals surface area (Å²) in [6, 6.07) is 9.13. The van der Waals surface area contributed by atoms with Crippen LogP contribution in [-0.2, 0) is 9.59 Å². The van der Waals surface area contributed by atoms with Gasteiger partial charge in [-0.2, -0.15) is 5.26 Å². The number of nitrogens with two attached hydrogens (primary N) is 1. The standard InChI is InChI=1S/C26H24ClN7O3S2/c1-13-6-7-18(37-13)20-14(11-28)23(29)34(16-9-26(2,3)10-17(35)21(16)20)24-32-33-25(39-24)38-12-19(36)31-15-5-4-8-30-22(15)27/h4-8,20H,9-10,12,29H2,1-3H3,(H,31,36). The number of Topliss-reactive ketones (excluding diaryl/α,β-unsaturated/α-hetero) is 1. The van der Waals surface area contributed by atoms with Crippen LogP contribution in [0.2, 0.25) is 5.15 Å². The number of amides is 1. The van der Waals surface area contributed by atoms with Gasteiger partial charge in [0, 0.05) is 23.9 Å². The number of halogens is 1. The SMILES string of the molecule is Cc1ccc(C2C(C#N)=C(N)N(c3nnc(SCC(=O)Nc4cccnc4Cl)s3)C3=C2C(=O)CC(C)(C)C3)o1. The van der Waals surface area contributed by atoms with Crippen molar-refractivity contribution >= 4 is 57.2 Å². The largest absolute Gasteiger partial charge is 0.465 e. The van der Waals surface area contributed by atoms with E-state index in [0.717, 1.165) is 0 Å². The second-order valence-corrected chi connectivity index (χ2v) is 12.5. The van der Waals surface area contributed by atoms with Crippen LogP contribution in [0.15, 0.2) is 61.9 Å². The van der Waals surface area contributed by atoms with Crippen LogP contribution >= 0.6 is 34.7 Å². The van der Waals surface area contributed by atoms with Gasteiger partial charge < -0.3 is 15.5 Å². The molecule has 0 aromatic carbocycles. The number of ketones is 1. The Morgan fingerprint density at radius 2 is 2.15 bits per heavy atom.